The number of hydrogen-bond donors (Lipinski definition) is 1. The van der Waals surface area contributed by atoms with Gasteiger partial charge in [-0.2, -0.15) is 0 Å². The van der Waals surface area contributed by atoms with Gasteiger partial charge in [0.25, 0.3) is 0 Å². The second-order valence-corrected chi connectivity index (χ2v) is 11.4. The molecule has 0 radical (unpaired) electrons. The van der Waals surface area contributed by atoms with Gasteiger partial charge >= 0.3 is 11.9 Å². The van der Waals surface area contributed by atoms with E-state index in [1.165, 1.54) is 10.9 Å². The average molecular weight is 644 g/mol. The highest BCUT2D eigenvalue weighted by atomic mass is 16.5. The lowest BCUT2D eigenvalue weighted by Gasteiger charge is -2.16. The van der Waals surface area contributed by atoms with Crippen LogP contribution in [0.4, 0.5) is 0 Å². The van der Waals surface area contributed by atoms with Gasteiger partial charge < -0.3 is 28.7 Å². The summed E-state index contributed by atoms with van der Waals surface area (Å²) in [5.41, 5.74) is 5.50. The van der Waals surface area contributed by atoms with E-state index in [2.05, 4.69) is 47.4 Å². The molecule has 0 atom stereocenters. The highest BCUT2D eigenvalue weighted by Crippen LogP contribution is 2.32. The predicted octanol–water partition coefficient (Wildman–Crippen LogP) is 8.63. The summed E-state index contributed by atoms with van der Waals surface area (Å²) < 4.78 is 28.3. The second-order valence-electron chi connectivity index (χ2n) is 11.4. The third-order valence-corrected chi connectivity index (χ3v) is 7.89. The first kappa shape index (κ1) is 35.4. The lowest BCUT2D eigenvalue weighted by atomic mass is 9.96. The Morgan fingerprint density at radius 2 is 1.38 bits per heavy atom. The number of aromatic nitrogens is 1. The van der Waals surface area contributed by atoms with Gasteiger partial charge in [0.15, 0.2) is 0 Å². The van der Waals surface area contributed by atoms with Crippen LogP contribution >= 0.6 is 0 Å². The Bertz CT molecular complexity index is 1560. The number of nitrogens with one attached hydrogen (secondary N) is 1. The summed E-state index contributed by atoms with van der Waals surface area (Å²) in [4.78, 5) is 27.1. The first-order valence-electron chi connectivity index (χ1n) is 17.0. The Morgan fingerprint density at radius 1 is 0.638 bits per heavy atom. The van der Waals surface area contributed by atoms with Gasteiger partial charge in [-0.05, 0) is 111 Å². The fourth-order valence-corrected chi connectivity index (χ4v) is 5.62. The lowest BCUT2D eigenvalue weighted by molar-refractivity contribution is -0.144. The first-order valence-corrected chi connectivity index (χ1v) is 17.0. The van der Waals surface area contributed by atoms with Crippen LogP contribution in [-0.2, 0) is 31.9 Å². The molecule has 4 aromatic rings. The zero-order chi connectivity index (χ0) is 33.3. The van der Waals surface area contributed by atoms with Crippen molar-refractivity contribution in [3.8, 4) is 28.4 Å². The molecule has 1 heterocycles. The Kier molecular flexibility index (Phi) is 14.5. The molecular formula is C39H49NO7. The van der Waals surface area contributed by atoms with Crippen molar-refractivity contribution < 1.29 is 33.3 Å². The molecule has 0 saturated heterocycles. The van der Waals surface area contributed by atoms with E-state index < -0.39 is 0 Å². The molecule has 0 aliphatic heterocycles. The largest absolute Gasteiger partial charge is 0.494 e. The number of carbonyl (C=O) groups is 2. The van der Waals surface area contributed by atoms with Crippen molar-refractivity contribution in [2.75, 3.05) is 33.0 Å². The summed E-state index contributed by atoms with van der Waals surface area (Å²) in [6.07, 6.45) is 8.66. The molecule has 0 spiro atoms. The molecule has 47 heavy (non-hydrogen) atoms. The Labute approximate surface area is 278 Å². The van der Waals surface area contributed by atoms with Gasteiger partial charge in [-0.15, -0.1) is 0 Å². The molecule has 0 amide bonds. The summed E-state index contributed by atoms with van der Waals surface area (Å²) in [7, 11) is 0. The quantitative estimate of drug-likeness (QED) is 0.0717. The third kappa shape index (κ3) is 11.4. The highest BCUT2D eigenvalue weighted by molar-refractivity contribution is 5.85. The van der Waals surface area contributed by atoms with Crippen molar-refractivity contribution in [3.63, 3.8) is 0 Å². The zero-order valence-corrected chi connectivity index (χ0v) is 28.1. The van der Waals surface area contributed by atoms with E-state index in [0.717, 1.165) is 71.6 Å². The monoisotopic (exact) mass is 643 g/mol. The van der Waals surface area contributed by atoms with Crippen molar-refractivity contribution in [2.24, 2.45) is 0 Å². The fourth-order valence-electron chi connectivity index (χ4n) is 5.62. The average Bonchev–Trinajstić information content (AvgIpc) is 3.54. The maximum atomic E-state index is 12.1. The van der Waals surface area contributed by atoms with E-state index in [4.69, 9.17) is 23.7 Å². The van der Waals surface area contributed by atoms with E-state index in [9.17, 15) is 9.59 Å². The Balaban J connectivity index is 1.28. The molecule has 3 aromatic carbocycles. The Hall–Kier alpha value is -4.46. The number of aryl methyl sites for hydroxylation is 1. The van der Waals surface area contributed by atoms with Crippen molar-refractivity contribution in [2.45, 2.75) is 78.6 Å². The number of carbonyl (C=O) groups excluding carboxylic acids is 2. The number of aromatic amines is 1. The van der Waals surface area contributed by atoms with Gasteiger partial charge in [0.2, 0.25) is 0 Å². The van der Waals surface area contributed by atoms with Crippen LogP contribution in [0.3, 0.4) is 0 Å². The molecule has 0 saturated carbocycles. The van der Waals surface area contributed by atoms with E-state index >= 15 is 0 Å². The number of benzene rings is 3. The molecule has 1 aromatic heterocycles. The molecular weight excluding hydrogens is 594 g/mol. The van der Waals surface area contributed by atoms with Crippen molar-refractivity contribution >= 4 is 22.8 Å². The SMILES string of the molecule is CCOC(=O)CCCOc1cccc(CCCCCCOc2cc(OCC)cc(-c3ccc4cc[nH]c4c3)c2)c1CCC(=O)OCC. The number of unbranched alkanes of at least 4 members (excludes halogenated alkanes) is 3. The van der Waals surface area contributed by atoms with Crippen molar-refractivity contribution in [3.05, 3.63) is 78.0 Å². The number of hydrogen-bond acceptors (Lipinski definition) is 7. The van der Waals surface area contributed by atoms with Crippen LogP contribution in [0.25, 0.3) is 22.0 Å². The maximum absolute atomic E-state index is 12.1. The molecule has 8 nitrogen and oxygen atoms in total. The maximum Gasteiger partial charge on any atom is 0.306 e. The predicted molar refractivity (Wildman–Crippen MR) is 185 cm³/mol. The summed E-state index contributed by atoms with van der Waals surface area (Å²) >= 11 is 0. The molecule has 8 heteroatoms. The molecule has 0 fully saturated rings. The normalized spacial score (nSPS) is 11.0. The van der Waals surface area contributed by atoms with Crippen molar-refractivity contribution in [1.82, 2.24) is 4.98 Å². The van der Waals surface area contributed by atoms with Gasteiger partial charge in [-0.1, -0.05) is 37.1 Å². The van der Waals surface area contributed by atoms with E-state index in [1.807, 2.05) is 38.2 Å². The van der Waals surface area contributed by atoms with Gasteiger partial charge in [0.05, 0.1) is 33.0 Å². The molecule has 1 N–H and O–H groups in total. The van der Waals surface area contributed by atoms with Crippen LogP contribution in [0.5, 0.6) is 17.2 Å². The summed E-state index contributed by atoms with van der Waals surface area (Å²) in [5, 5.41) is 1.18. The minimum atomic E-state index is -0.216. The number of rotatable bonds is 21. The number of H-pyrrole nitrogens is 1. The van der Waals surface area contributed by atoms with Crippen LogP contribution in [0.2, 0.25) is 0 Å². The molecule has 0 unspecified atom stereocenters. The van der Waals surface area contributed by atoms with Crippen LogP contribution in [0.1, 0.15) is 76.8 Å². The Morgan fingerprint density at radius 3 is 2.17 bits per heavy atom. The van der Waals surface area contributed by atoms with Gasteiger partial charge in [0.1, 0.15) is 17.2 Å². The molecule has 0 aliphatic rings. The number of ether oxygens (including phenoxy) is 5. The van der Waals surface area contributed by atoms with Crippen LogP contribution in [0.15, 0.2) is 66.9 Å². The molecule has 252 valence electrons. The number of fused-ring (bicyclic) bond motifs is 1. The van der Waals surface area contributed by atoms with Crippen molar-refractivity contribution in [1.29, 1.82) is 0 Å². The lowest BCUT2D eigenvalue weighted by Crippen LogP contribution is -2.10. The van der Waals surface area contributed by atoms with Gasteiger partial charge in [-0.25, -0.2) is 0 Å². The fraction of sp³-hybridized carbons (Fsp3) is 0.436. The summed E-state index contributed by atoms with van der Waals surface area (Å²) in [6.45, 7) is 7.97. The van der Waals surface area contributed by atoms with E-state index in [0.29, 0.717) is 58.7 Å². The first-order chi connectivity index (χ1) is 23.0. The third-order valence-electron chi connectivity index (χ3n) is 7.89. The van der Waals surface area contributed by atoms with Crippen LogP contribution in [0, 0.1) is 0 Å². The van der Waals surface area contributed by atoms with E-state index in [-0.39, 0.29) is 11.9 Å². The number of esters is 2. The van der Waals surface area contributed by atoms with Crippen LogP contribution < -0.4 is 14.2 Å². The topological polar surface area (TPSA) is 96.1 Å². The minimum absolute atomic E-state index is 0.212. The van der Waals surface area contributed by atoms with Gasteiger partial charge in [-0.3, -0.25) is 9.59 Å². The van der Waals surface area contributed by atoms with Gasteiger partial charge in [0, 0.05) is 30.6 Å². The zero-order valence-electron chi connectivity index (χ0n) is 28.1. The van der Waals surface area contributed by atoms with Crippen LogP contribution in [-0.4, -0.2) is 50.0 Å². The molecule has 4 rings (SSSR count). The van der Waals surface area contributed by atoms with E-state index in [1.54, 1.807) is 6.92 Å². The second kappa shape index (κ2) is 19.3. The molecule has 0 aliphatic carbocycles. The summed E-state index contributed by atoms with van der Waals surface area (Å²) in [6, 6.07) is 20.6. The highest BCUT2D eigenvalue weighted by Gasteiger charge is 2.13. The molecule has 0 bridgehead atoms. The summed E-state index contributed by atoms with van der Waals surface area (Å²) in [5.74, 6) is 1.95. The standard InChI is InChI=1S/C39H49NO7/c1-4-43-33-25-32(31-18-17-30-21-22-40-36(30)27-31)26-34(28-33)46-23-10-8-7-9-13-29-14-11-15-37(35(29)19-20-39(42)45-6-3)47-24-12-16-38(41)44-5-2/h11,14-15,17-18,21-22,25-28,40H,4-10,12-13,16,19-20,23-24H2,1-3H3. The minimum Gasteiger partial charge on any atom is -0.494 e. The smallest absolute Gasteiger partial charge is 0.306 e.